The van der Waals surface area contributed by atoms with Gasteiger partial charge < -0.3 is 24.8 Å². The molecule has 0 spiro atoms. The van der Waals surface area contributed by atoms with Crippen LogP contribution in [0, 0.1) is 0 Å². The second kappa shape index (κ2) is 10.5. The lowest BCUT2D eigenvalue weighted by Crippen LogP contribution is -2.31. The van der Waals surface area contributed by atoms with Crippen LogP contribution in [0.5, 0.6) is 17.2 Å². The summed E-state index contributed by atoms with van der Waals surface area (Å²) in [7, 11) is 0. The van der Waals surface area contributed by atoms with Gasteiger partial charge in [0.2, 0.25) is 5.95 Å². The Morgan fingerprint density at radius 3 is 2.72 bits per heavy atom. The number of carbonyl (C=O) groups excluding carboxylic acids is 1. The van der Waals surface area contributed by atoms with Crippen LogP contribution in [0.25, 0.3) is 11.4 Å². The average molecular weight is 525 g/mol. The fraction of sp³-hybridized carbons (Fsp3) is 0.241. The topological polar surface area (TPSA) is 112 Å². The molecule has 0 aliphatic carbocycles. The minimum absolute atomic E-state index is 0.282. The molecule has 0 saturated carbocycles. The number of fused-ring (bicyclic) bond motifs is 2. The molecule has 4 heterocycles. The van der Waals surface area contributed by atoms with Gasteiger partial charge in [-0.3, -0.25) is 9.78 Å². The monoisotopic (exact) mass is 524 g/mol. The first-order valence-electron chi connectivity index (χ1n) is 12.9. The molecule has 2 aliphatic rings. The number of allylic oxidation sites excluding steroid dienone is 1. The zero-order valence-electron chi connectivity index (χ0n) is 21.7. The molecule has 10 nitrogen and oxygen atoms in total. The van der Waals surface area contributed by atoms with E-state index in [2.05, 4.69) is 15.6 Å². The summed E-state index contributed by atoms with van der Waals surface area (Å²) in [4.78, 5) is 22.8. The zero-order valence-corrected chi connectivity index (χ0v) is 21.7. The highest BCUT2D eigenvalue weighted by Crippen LogP contribution is 2.40. The van der Waals surface area contributed by atoms with Gasteiger partial charge in [0, 0.05) is 30.1 Å². The molecule has 10 heteroatoms. The Kier molecular flexibility index (Phi) is 6.58. The summed E-state index contributed by atoms with van der Waals surface area (Å²) in [6.45, 7) is 5.40. The van der Waals surface area contributed by atoms with Crippen molar-refractivity contribution in [3.05, 3.63) is 83.8 Å². The van der Waals surface area contributed by atoms with E-state index in [1.807, 2.05) is 68.4 Å². The number of nitrogens with one attached hydrogen (secondary N) is 2. The molecule has 2 aliphatic heterocycles. The lowest BCUT2D eigenvalue weighted by Gasteiger charge is -2.29. The van der Waals surface area contributed by atoms with Gasteiger partial charge in [-0.15, -0.1) is 5.10 Å². The summed E-state index contributed by atoms with van der Waals surface area (Å²) in [6, 6.07) is 16.2. The lowest BCUT2D eigenvalue weighted by molar-refractivity contribution is -0.113. The maximum Gasteiger partial charge on any atom is 0.255 e. The molecule has 0 saturated heterocycles. The number of aromatic nitrogens is 4. The van der Waals surface area contributed by atoms with Crippen LogP contribution in [0.3, 0.4) is 0 Å². The first-order chi connectivity index (χ1) is 19.1. The van der Waals surface area contributed by atoms with E-state index in [0.29, 0.717) is 65.8 Å². The number of para-hydroxylation sites is 2. The molecular weight excluding hydrogens is 496 g/mol. The Morgan fingerprint density at radius 1 is 1.10 bits per heavy atom. The maximum absolute atomic E-state index is 14.0. The van der Waals surface area contributed by atoms with Crippen molar-refractivity contribution >= 4 is 17.5 Å². The van der Waals surface area contributed by atoms with Crippen molar-refractivity contribution in [3.8, 4) is 28.6 Å². The van der Waals surface area contributed by atoms with E-state index in [-0.39, 0.29) is 5.91 Å². The Bertz CT molecular complexity index is 1550. The molecule has 39 heavy (non-hydrogen) atoms. The Hall–Kier alpha value is -4.86. The predicted octanol–water partition coefficient (Wildman–Crippen LogP) is 4.83. The van der Waals surface area contributed by atoms with Gasteiger partial charge >= 0.3 is 0 Å². The molecule has 0 radical (unpaired) electrons. The van der Waals surface area contributed by atoms with E-state index >= 15 is 0 Å². The molecule has 4 aromatic rings. The third-order valence-corrected chi connectivity index (χ3v) is 6.56. The van der Waals surface area contributed by atoms with E-state index in [0.717, 1.165) is 17.5 Å². The second-order valence-electron chi connectivity index (χ2n) is 9.15. The molecule has 1 amide bonds. The van der Waals surface area contributed by atoms with Gasteiger partial charge in [0.1, 0.15) is 11.8 Å². The summed E-state index contributed by atoms with van der Waals surface area (Å²) in [5, 5.41) is 11.2. The van der Waals surface area contributed by atoms with Gasteiger partial charge in [0.05, 0.1) is 31.1 Å². The Morgan fingerprint density at radius 2 is 1.90 bits per heavy atom. The highest BCUT2D eigenvalue weighted by molar-refractivity contribution is 6.06. The lowest BCUT2D eigenvalue weighted by atomic mass is 9.94. The van der Waals surface area contributed by atoms with Gasteiger partial charge in [-0.1, -0.05) is 18.2 Å². The summed E-state index contributed by atoms with van der Waals surface area (Å²) < 4.78 is 19.3. The number of nitrogens with zero attached hydrogens (tertiary/aromatic N) is 4. The van der Waals surface area contributed by atoms with Crippen LogP contribution in [-0.4, -0.2) is 45.5 Å². The minimum Gasteiger partial charge on any atom is -0.492 e. The minimum atomic E-state index is -0.583. The first kappa shape index (κ1) is 24.5. The van der Waals surface area contributed by atoms with Crippen LogP contribution in [0.2, 0.25) is 0 Å². The highest BCUT2D eigenvalue weighted by atomic mass is 16.5. The largest absolute Gasteiger partial charge is 0.492 e. The quantitative estimate of drug-likeness (QED) is 0.369. The van der Waals surface area contributed by atoms with Gasteiger partial charge in [-0.05, 0) is 55.8 Å². The summed E-state index contributed by atoms with van der Waals surface area (Å²) >= 11 is 0. The van der Waals surface area contributed by atoms with Crippen LogP contribution < -0.4 is 24.8 Å². The van der Waals surface area contributed by atoms with E-state index in [1.165, 1.54) is 0 Å². The average Bonchev–Trinajstić information content (AvgIpc) is 3.23. The predicted molar refractivity (Wildman–Crippen MR) is 146 cm³/mol. The number of amides is 1. The zero-order chi connectivity index (χ0) is 26.8. The molecular formula is C29H28N6O4. The third kappa shape index (κ3) is 4.76. The first-order valence-corrected chi connectivity index (χ1v) is 12.9. The molecule has 198 valence electrons. The number of hydrogen-bond acceptors (Lipinski definition) is 8. The molecule has 2 N–H and O–H groups in total. The number of ether oxygens (including phenoxy) is 3. The van der Waals surface area contributed by atoms with Gasteiger partial charge in [0.15, 0.2) is 17.3 Å². The number of anilines is 2. The van der Waals surface area contributed by atoms with Crippen molar-refractivity contribution in [3.63, 3.8) is 0 Å². The molecule has 2 aromatic carbocycles. The van der Waals surface area contributed by atoms with Crippen LogP contribution in [0.15, 0.2) is 78.3 Å². The van der Waals surface area contributed by atoms with Crippen molar-refractivity contribution in [2.24, 2.45) is 0 Å². The second-order valence-corrected chi connectivity index (χ2v) is 9.15. The van der Waals surface area contributed by atoms with Gasteiger partial charge in [-0.2, -0.15) is 4.98 Å². The molecule has 0 fully saturated rings. The summed E-state index contributed by atoms with van der Waals surface area (Å²) in [5.74, 6) is 2.69. The van der Waals surface area contributed by atoms with E-state index in [9.17, 15) is 4.79 Å². The SMILES string of the molecule is CCOc1ccccc1NC(=O)C1=C(C)Nc2nc(-c3ccncc3)nn2C1c1ccc2c(c1)OCCCO2. The van der Waals surface area contributed by atoms with Crippen molar-refractivity contribution < 1.29 is 19.0 Å². The van der Waals surface area contributed by atoms with Crippen molar-refractivity contribution in [1.82, 2.24) is 19.7 Å². The van der Waals surface area contributed by atoms with E-state index in [1.54, 1.807) is 17.1 Å². The van der Waals surface area contributed by atoms with E-state index < -0.39 is 6.04 Å². The van der Waals surface area contributed by atoms with Crippen molar-refractivity contribution in [1.29, 1.82) is 0 Å². The molecule has 6 rings (SSSR count). The van der Waals surface area contributed by atoms with Crippen molar-refractivity contribution in [2.45, 2.75) is 26.3 Å². The fourth-order valence-electron chi connectivity index (χ4n) is 4.77. The van der Waals surface area contributed by atoms with Crippen molar-refractivity contribution in [2.75, 3.05) is 30.5 Å². The smallest absolute Gasteiger partial charge is 0.255 e. The van der Waals surface area contributed by atoms with Gasteiger partial charge in [0.25, 0.3) is 5.91 Å². The molecule has 1 unspecified atom stereocenters. The highest BCUT2D eigenvalue weighted by Gasteiger charge is 2.35. The normalized spacial score (nSPS) is 16.1. The molecule has 1 atom stereocenters. The third-order valence-electron chi connectivity index (χ3n) is 6.56. The molecule has 2 aromatic heterocycles. The summed E-state index contributed by atoms with van der Waals surface area (Å²) in [6.07, 6.45) is 4.19. The van der Waals surface area contributed by atoms with Crippen LogP contribution in [-0.2, 0) is 4.79 Å². The van der Waals surface area contributed by atoms with Crippen LogP contribution >= 0.6 is 0 Å². The Balaban J connectivity index is 1.45. The maximum atomic E-state index is 14.0. The number of pyridine rings is 1. The summed E-state index contributed by atoms with van der Waals surface area (Å²) in [5.41, 5.74) is 3.38. The number of carbonyl (C=O) groups is 1. The van der Waals surface area contributed by atoms with Crippen LogP contribution in [0.4, 0.5) is 11.6 Å². The van der Waals surface area contributed by atoms with Gasteiger partial charge in [-0.25, -0.2) is 4.68 Å². The number of benzene rings is 2. The standard InChI is InChI=1S/C29H28N6O4/c1-3-37-22-8-5-4-7-21(22)32-28(36)25-18(2)31-29-33-27(19-11-13-30-14-12-19)34-35(29)26(25)20-9-10-23-24(17-20)39-16-6-15-38-23/h4-5,7-14,17,26H,3,6,15-16H2,1-2H3,(H,32,36)(H,31,33,34). The number of rotatable bonds is 6. The molecule has 0 bridgehead atoms. The fourth-order valence-corrected chi connectivity index (χ4v) is 4.77. The Labute approximate surface area is 225 Å². The number of hydrogen-bond donors (Lipinski definition) is 2. The van der Waals surface area contributed by atoms with E-state index in [4.69, 9.17) is 24.3 Å². The van der Waals surface area contributed by atoms with Crippen LogP contribution in [0.1, 0.15) is 31.9 Å².